The molecule has 2 rings (SSSR count). The van der Waals surface area contributed by atoms with E-state index in [1.54, 1.807) is 12.5 Å². The van der Waals surface area contributed by atoms with E-state index in [1.165, 1.54) is 0 Å². The number of nitrogens with zero attached hydrogens (tertiary/aromatic N) is 2. The highest BCUT2D eigenvalue weighted by Crippen LogP contribution is 2.06. The van der Waals surface area contributed by atoms with E-state index in [9.17, 15) is 9.59 Å². The van der Waals surface area contributed by atoms with Crippen molar-refractivity contribution < 1.29 is 19.8 Å². The molecule has 0 aliphatic heterocycles. The summed E-state index contributed by atoms with van der Waals surface area (Å²) in [6.45, 7) is 0.246. The molecule has 116 valence electrons. The number of imidazole rings is 1. The molecule has 0 spiro atoms. The van der Waals surface area contributed by atoms with Gasteiger partial charge in [0.1, 0.15) is 6.04 Å². The maximum atomic E-state index is 11.1. The third-order valence-corrected chi connectivity index (χ3v) is 3.11. The molecule has 7 heteroatoms. The molecule has 2 aromatic rings. The summed E-state index contributed by atoms with van der Waals surface area (Å²) in [6, 6.07) is 8.85. The number of carbonyl (C=O) groups is 2. The smallest absolute Gasteiger partial charge is 0.321 e. The Labute approximate surface area is 127 Å². The van der Waals surface area contributed by atoms with Crippen molar-refractivity contribution in [3.8, 4) is 0 Å². The summed E-state index contributed by atoms with van der Waals surface area (Å²) in [4.78, 5) is 25.8. The molecule has 1 heterocycles. The SMILES string of the molecule is O=C(O)CNC(Cc1cn(Cc2ccccc2)cn1)C(=O)O. The van der Waals surface area contributed by atoms with Gasteiger partial charge in [0.15, 0.2) is 0 Å². The van der Waals surface area contributed by atoms with Crippen molar-refractivity contribution in [3.05, 3.63) is 54.1 Å². The summed E-state index contributed by atoms with van der Waals surface area (Å²) in [5.74, 6) is -2.19. The standard InChI is InChI=1S/C15H17N3O4/c19-14(20)7-16-13(15(21)22)6-12-9-18(10-17-12)8-11-4-2-1-3-5-11/h1-5,9-10,13,16H,6-8H2,(H,19,20)(H,21,22). The molecular weight excluding hydrogens is 286 g/mol. The Morgan fingerprint density at radius 2 is 1.95 bits per heavy atom. The average molecular weight is 303 g/mol. The number of aliphatic carboxylic acids is 2. The Balaban J connectivity index is 1.97. The van der Waals surface area contributed by atoms with E-state index >= 15 is 0 Å². The summed E-state index contributed by atoms with van der Waals surface area (Å²) >= 11 is 0. The van der Waals surface area contributed by atoms with Gasteiger partial charge < -0.3 is 14.8 Å². The van der Waals surface area contributed by atoms with Crippen molar-refractivity contribution in [2.24, 2.45) is 0 Å². The predicted octanol–water partition coefficient (Wildman–Crippen LogP) is 0.601. The Bertz CT molecular complexity index is 639. The highest BCUT2D eigenvalue weighted by molar-refractivity contribution is 5.75. The van der Waals surface area contributed by atoms with Gasteiger partial charge in [0.2, 0.25) is 0 Å². The lowest BCUT2D eigenvalue weighted by molar-refractivity contribution is -0.140. The van der Waals surface area contributed by atoms with Crippen LogP contribution in [-0.4, -0.2) is 44.3 Å². The van der Waals surface area contributed by atoms with E-state index in [4.69, 9.17) is 10.2 Å². The van der Waals surface area contributed by atoms with Crippen LogP contribution in [0.1, 0.15) is 11.3 Å². The van der Waals surface area contributed by atoms with Crippen LogP contribution < -0.4 is 5.32 Å². The van der Waals surface area contributed by atoms with Gasteiger partial charge in [-0.25, -0.2) is 4.98 Å². The third-order valence-electron chi connectivity index (χ3n) is 3.11. The van der Waals surface area contributed by atoms with Crippen LogP contribution in [0.15, 0.2) is 42.9 Å². The minimum atomic E-state index is -1.10. The van der Waals surface area contributed by atoms with Gasteiger partial charge in [-0.3, -0.25) is 14.9 Å². The molecule has 1 aromatic carbocycles. The normalized spacial score (nSPS) is 12.0. The summed E-state index contributed by atoms with van der Waals surface area (Å²) in [5, 5.41) is 20.2. The zero-order chi connectivity index (χ0) is 15.9. The van der Waals surface area contributed by atoms with Crippen molar-refractivity contribution in [1.29, 1.82) is 0 Å². The second-order valence-corrected chi connectivity index (χ2v) is 4.89. The van der Waals surface area contributed by atoms with Gasteiger partial charge in [-0.2, -0.15) is 0 Å². The summed E-state index contributed by atoms with van der Waals surface area (Å²) in [5.41, 5.74) is 1.71. The molecule has 22 heavy (non-hydrogen) atoms. The molecule has 0 aliphatic carbocycles. The summed E-state index contributed by atoms with van der Waals surface area (Å²) in [6.07, 6.45) is 3.54. The highest BCUT2D eigenvalue weighted by atomic mass is 16.4. The maximum absolute atomic E-state index is 11.1. The van der Waals surface area contributed by atoms with Gasteiger partial charge in [0, 0.05) is 19.2 Å². The van der Waals surface area contributed by atoms with Crippen LogP contribution in [0.4, 0.5) is 0 Å². The number of carboxylic acid groups (broad SMARTS) is 2. The van der Waals surface area contributed by atoms with E-state index in [1.807, 2.05) is 34.9 Å². The lowest BCUT2D eigenvalue weighted by atomic mass is 10.1. The molecule has 0 saturated carbocycles. The van der Waals surface area contributed by atoms with Crippen LogP contribution in [0.5, 0.6) is 0 Å². The number of hydrogen-bond acceptors (Lipinski definition) is 4. The first-order chi connectivity index (χ1) is 10.5. The van der Waals surface area contributed by atoms with Gasteiger partial charge in [-0.15, -0.1) is 0 Å². The number of hydrogen-bond donors (Lipinski definition) is 3. The Kier molecular flexibility index (Phi) is 5.26. The minimum absolute atomic E-state index is 0.129. The Hall–Kier alpha value is -2.67. The third kappa shape index (κ3) is 4.71. The molecule has 1 aromatic heterocycles. The molecule has 7 nitrogen and oxygen atoms in total. The van der Waals surface area contributed by atoms with Crippen LogP contribution in [0.2, 0.25) is 0 Å². The molecular formula is C15H17N3O4. The van der Waals surface area contributed by atoms with Crippen LogP contribution in [-0.2, 0) is 22.6 Å². The van der Waals surface area contributed by atoms with Crippen molar-refractivity contribution in [2.45, 2.75) is 19.0 Å². The lowest BCUT2D eigenvalue weighted by Crippen LogP contribution is -2.41. The molecule has 1 atom stereocenters. The minimum Gasteiger partial charge on any atom is -0.480 e. The molecule has 0 saturated heterocycles. The fourth-order valence-corrected chi connectivity index (χ4v) is 2.06. The van der Waals surface area contributed by atoms with Crippen LogP contribution in [0.25, 0.3) is 0 Å². The van der Waals surface area contributed by atoms with Crippen LogP contribution in [0.3, 0.4) is 0 Å². The molecule has 0 aliphatic rings. The van der Waals surface area contributed by atoms with E-state index in [0.717, 1.165) is 5.56 Å². The number of benzene rings is 1. The number of rotatable bonds is 8. The fourth-order valence-electron chi connectivity index (χ4n) is 2.06. The molecule has 0 bridgehead atoms. The first-order valence-corrected chi connectivity index (χ1v) is 6.77. The van der Waals surface area contributed by atoms with Gasteiger partial charge in [0.05, 0.1) is 18.6 Å². The quantitative estimate of drug-likeness (QED) is 0.659. The average Bonchev–Trinajstić information content (AvgIpc) is 2.91. The first-order valence-electron chi connectivity index (χ1n) is 6.77. The monoisotopic (exact) mass is 303 g/mol. The van der Waals surface area contributed by atoms with Crippen LogP contribution in [0, 0.1) is 0 Å². The van der Waals surface area contributed by atoms with Crippen molar-refractivity contribution in [1.82, 2.24) is 14.9 Å². The summed E-state index contributed by atoms with van der Waals surface area (Å²) in [7, 11) is 0. The molecule has 3 N–H and O–H groups in total. The van der Waals surface area contributed by atoms with E-state index in [0.29, 0.717) is 12.2 Å². The van der Waals surface area contributed by atoms with Gasteiger partial charge in [-0.05, 0) is 5.56 Å². The fraction of sp³-hybridized carbons (Fsp3) is 0.267. The Morgan fingerprint density at radius 1 is 1.23 bits per heavy atom. The predicted molar refractivity (Wildman–Crippen MR) is 78.5 cm³/mol. The zero-order valence-corrected chi connectivity index (χ0v) is 11.8. The number of aromatic nitrogens is 2. The van der Waals surface area contributed by atoms with Gasteiger partial charge in [0.25, 0.3) is 0 Å². The van der Waals surface area contributed by atoms with Gasteiger partial charge >= 0.3 is 11.9 Å². The molecule has 0 fully saturated rings. The number of carboxylic acids is 2. The summed E-state index contributed by atoms with van der Waals surface area (Å²) < 4.78 is 1.86. The van der Waals surface area contributed by atoms with Crippen LogP contribution >= 0.6 is 0 Å². The highest BCUT2D eigenvalue weighted by Gasteiger charge is 2.19. The van der Waals surface area contributed by atoms with Crippen molar-refractivity contribution in [3.63, 3.8) is 0 Å². The second-order valence-electron chi connectivity index (χ2n) is 4.89. The molecule has 1 unspecified atom stereocenters. The van der Waals surface area contributed by atoms with E-state index in [-0.39, 0.29) is 6.42 Å². The maximum Gasteiger partial charge on any atom is 0.321 e. The van der Waals surface area contributed by atoms with E-state index < -0.39 is 24.5 Å². The first kappa shape index (κ1) is 15.7. The zero-order valence-electron chi connectivity index (χ0n) is 11.8. The van der Waals surface area contributed by atoms with E-state index in [2.05, 4.69) is 10.3 Å². The largest absolute Gasteiger partial charge is 0.480 e. The van der Waals surface area contributed by atoms with Crippen molar-refractivity contribution in [2.75, 3.05) is 6.54 Å². The lowest BCUT2D eigenvalue weighted by Gasteiger charge is -2.11. The number of nitrogens with one attached hydrogen (secondary N) is 1. The second kappa shape index (κ2) is 7.37. The molecule has 0 radical (unpaired) electrons. The molecule has 0 amide bonds. The van der Waals surface area contributed by atoms with Gasteiger partial charge in [-0.1, -0.05) is 30.3 Å². The topological polar surface area (TPSA) is 104 Å². The Morgan fingerprint density at radius 3 is 2.59 bits per heavy atom. The van der Waals surface area contributed by atoms with Crippen molar-refractivity contribution >= 4 is 11.9 Å².